The third-order valence-electron chi connectivity index (χ3n) is 6.17. The molecule has 21 nitrogen and oxygen atoms in total. The summed E-state index contributed by atoms with van der Waals surface area (Å²) in [5, 5.41) is 44.7. The topological polar surface area (TPSA) is 378 Å². The van der Waals surface area contributed by atoms with Crippen LogP contribution in [0.5, 0.6) is 0 Å². The summed E-state index contributed by atoms with van der Waals surface area (Å²) >= 11 is 0. The molecule has 0 aliphatic heterocycles. The largest absolute Gasteiger partial charge is 0.481 e. The Hall–Kier alpha value is -5.34. The zero-order chi connectivity index (χ0) is 35.6. The Balaban J connectivity index is 6.07. The molecule has 0 saturated carbocycles. The zero-order valence-corrected chi connectivity index (χ0v) is 24.6. The molecule has 0 rings (SSSR count). The molecule has 258 valence electrons. The van der Waals surface area contributed by atoms with Gasteiger partial charge in [0.05, 0.1) is 6.04 Å². The van der Waals surface area contributed by atoms with Crippen molar-refractivity contribution in [3.05, 3.63) is 0 Å². The summed E-state index contributed by atoms with van der Waals surface area (Å²) in [6, 6.07) is -8.07. The summed E-state index contributed by atoms with van der Waals surface area (Å²) in [4.78, 5) is 119. The van der Waals surface area contributed by atoms with Gasteiger partial charge in [0.15, 0.2) is 0 Å². The Labute approximate surface area is 261 Å². The maximum Gasteiger partial charge on any atom is 0.326 e. The number of rotatable bonds is 24. The van der Waals surface area contributed by atoms with Crippen molar-refractivity contribution in [3.8, 4) is 0 Å². The number of aliphatic carboxylic acids is 4. The van der Waals surface area contributed by atoms with Crippen LogP contribution in [0.4, 0.5) is 0 Å². The van der Waals surface area contributed by atoms with E-state index in [1.807, 2.05) is 5.32 Å². The van der Waals surface area contributed by atoms with Crippen molar-refractivity contribution in [1.82, 2.24) is 21.3 Å². The molecular weight excluding hydrogens is 622 g/mol. The van der Waals surface area contributed by atoms with Crippen molar-refractivity contribution in [2.45, 2.75) is 94.4 Å². The molecule has 0 unspecified atom stereocenters. The molecule has 0 bridgehead atoms. The number of primary amides is 2. The number of carbonyl (C=O) groups is 10. The third-order valence-corrected chi connectivity index (χ3v) is 6.17. The molecule has 0 heterocycles. The summed E-state index contributed by atoms with van der Waals surface area (Å²) in [7, 11) is 0. The van der Waals surface area contributed by atoms with Crippen LogP contribution in [0.25, 0.3) is 0 Å². The molecule has 0 saturated heterocycles. The average molecular weight is 662 g/mol. The van der Waals surface area contributed by atoms with Gasteiger partial charge in [0, 0.05) is 32.1 Å². The van der Waals surface area contributed by atoms with Gasteiger partial charge in [-0.15, -0.1) is 0 Å². The molecule has 14 N–H and O–H groups in total. The lowest BCUT2D eigenvalue weighted by atomic mass is 10.0. The van der Waals surface area contributed by atoms with Gasteiger partial charge in [0.1, 0.15) is 24.2 Å². The highest BCUT2D eigenvalue weighted by atomic mass is 16.4. The molecule has 21 heteroatoms. The second kappa shape index (κ2) is 20.6. The van der Waals surface area contributed by atoms with Crippen LogP contribution in [-0.4, -0.2) is 110 Å². The summed E-state index contributed by atoms with van der Waals surface area (Å²) in [6.07, 6.45) is -5.11. The Bertz CT molecular complexity index is 1180. The quantitative estimate of drug-likeness (QED) is 0.0464. The van der Waals surface area contributed by atoms with Crippen LogP contribution in [0.15, 0.2) is 0 Å². The number of amides is 6. The highest BCUT2D eigenvalue weighted by molar-refractivity contribution is 5.96. The third kappa shape index (κ3) is 17.7. The molecule has 0 radical (unpaired) electrons. The van der Waals surface area contributed by atoms with Gasteiger partial charge >= 0.3 is 23.9 Å². The van der Waals surface area contributed by atoms with Gasteiger partial charge in [-0.2, -0.15) is 0 Å². The standard InChI is InChI=1S/C25H39N7O14/c26-11(1-8-18(35)36)21(41)29-12(2-6-16(27)33)22(42)31-14(4-9-19(37)38)23(43)30-13(3-7-17(28)34)24(44)32-15(25(45)46)5-10-20(39)40/h11-15H,1-10,26H2,(H2,27,33)(H2,28,34)(H,29,41)(H,30,43)(H,31,42)(H,32,44)(H,35,36)(H,37,38)(H,39,40)(H,45,46)/t11-,12-,13-,14-,15-/m0/s1. The number of carboxylic acid groups (broad SMARTS) is 4. The lowest BCUT2D eigenvalue weighted by Crippen LogP contribution is -2.58. The molecule has 0 aromatic carbocycles. The first-order valence-electron chi connectivity index (χ1n) is 13.8. The van der Waals surface area contributed by atoms with Crippen molar-refractivity contribution in [3.63, 3.8) is 0 Å². The van der Waals surface area contributed by atoms with E-state index >= 15 is 0 Å². The first-order valence-corrected chi connectivity index (χ1v) is 13.8. The Kier molecular flexibility index (Phi) is 18.2. The predicted molar refractivity (Wildman–Crippen MR) is 151 cm³/mol. The lowest BCUT2D eigenvalue weighted by Gasteiger charge is -2.26. The van der Waals surface area contributed by atoms with E-state index < -0.39 is 147 Å². The van der Waals surface area contributed by atoms with E-state index in [9.17, 15) is 53.1 Å². The Morgan fingerprint density at radius 3 is 1.04 bits per heavy atom. The van der Waals surface area contributed by atoms with E-state index in [0.717, 1.165) is 0 Å². The normalized spacial score (nSPS) is 13.8. The summed E-state index contributed by atoms with van der Waals surface area (Å²) in [5.74, 6) is -11.9. The first kappa shape index (κ1) is 40.7. The van der Waals surface area contributed by atoms with Crippen LogP contribution in [-0.2, 0) is 47.9 Å². The molecule has 0 aliphatic rings. The molecule has 0 spiro atoms. The van der Waals surface area contributed by atoms with Gasteiger partial charge in [-0.1, -0.05) is 0 Å². The van der Waals surface area contributed by atoms with E-state index in [4.69, 9.17) is 32.5 Å². The van der Waals surface area contributed by atoms with Crippen LogP contribution >= 0.6 is 0 Å². The van der Waals surface area contributed by atoms with Crippen LogP contribution < -0.4 is 38.5 Å². The van der Waals surface area contributed by atoms with Gasteiger partial charge in [0.25, 0.3) is 0 Å². The minimum absolute atomic E-state index is 0.317. The zero-order valence-electron chi connectivity index (χ0n) is 24.6. The molecule has 6 amide bonds. The van der Waals surface area contributed by atoms with Gasteiger partial charge in [-0.3, -0.25) is 43.2 Å². The second-order valence-electron chi connectivity index (χ2n) is 10.00. The van der Waals surface area contributed by atoms with Crippen LogP contribution in [0.2, 0.25) is 0 Å². The maximum atomic E-state index is 13.2. The minimum Gasteiger partial charge on any atom is -0.481 e. The molecule has 0 fully saturated rings. The SMILES string of the molecule is NC(=O)CC[C@H](NC(=O)[C@H](CCC(=O)O)NC(=O)[C@H](CCC(N)=O)NC(=O)[C@@H](N)CCC(=O)O)C(=O)N[C@@H](CCC(=O)O)C(=O)O. The van der Waals surface area contributed by atoms with Crippen LogP contribution in [0.3, 0.4) is 0 Å². The van der Waals surface area contributed by atoms with Gasteiger partial charge in [-0.05, 0) is 32.1 Å². The number of carboxylic acids is 4. The van der Waals surface area contributed by atoms with Crippen LogP contribution in [0, 0.1) is 0 Å². The van der Waals surface area contributed by atoms with Crippen molar-refractivity contribution in [2.24, 2.45) is 17.2 Å². The maximum absolute atomic E-state index is 13.2. The molecule has 0 aromatic heterocycles. The van der Waals surface area contributed by atoms with Crippen molar-refractivity contribution in [2.75, 3.05) is 0 Å². The summed E-state index contributed by atoms with van der Waals surface area (Å²) in [5.41, 5.74) is 15.9. The van der Waals surface area contributed by atoms with E-state index in [1.54, 1.807) is 0 Å². The number of nitrogens with one attached hydrogen (secondary N) is 4. The van der Waals surface area contributed by atoms with E-state index in [0.29, 0.717) is 0 Å². The Morgan fingerprint density at radius 1 is 0.435 bits per heavy atom. The molecule has 0 aromatic rings. The van der Waals surface area contributed by atoms with Crippen molar-refractivity contribution < 1.29 is 68.4 Å². The molecule has 46 heavy (non-hydrogen) atoms. The minimum atomic E-state index is -1.72. The van der Waals surface area contributed by atoms with Gasteiger partial charge < -0.3 is 58.9 Å². The number of carbonyl (C=O) groups excluding carboxylic acids is 6. The Morgan fingerprint density at radius 2 is 0.717 bits per heavy atom. The van der Waals surface area contributed by atoms with Crippen LogP contribution in [0.1, 0.15) is 64.2 Å². The summed E-state index contributed by atoms with van der Waals surface area (Å²) < 4.78 is 0. The fourth-order valence-electron chi connectivity index (χ4n) is 3.68. The molecular formula is C25H39N7O14. The summed E-state index contributed by atoms with van der Waals surface area (Å²) in [6.45, 7) is 0. The first-order chi connectivity index (χ1) is 21.3. The highest BCUT2D eigenvalue weighted by Crippen LogP contribution is 2.07. The smallest absolute Gasteiger partial charge is 0.326 e. The van der Waals surface area contributed by atoms with Gasteiger partial charge in [0.2, 0.25) is 35.4 Å². The fraction of sp³-hybridized carbons (Fsp3) is 0.600. The molecule has 5 atom stereocenters. The highest BCUT2D eigenvalue weighted by Gasteiger charge is 2.32. The average Bonchev–Trinajstić information content (AvgIpc) is 2.94. The molecule has 0 aliphatic carbocycles. The number of nitrogens with two attached hydrogens (primary N) is 3. The van der Waals surface area contributed by atoms with Crippen molar-refractivity contribution in [1.29, 1.82) is 0 Å². The van der Waals surface area contributed by atoms with E-state index in [2.05, 4.69) is 16.0 Å². The fourth-order valence-corrected chi connectivity index (χ4v) is 3.68. The van der Waals surface area contributed by atoms with Crippen molar-refractivity contribution >= 4 is 59.3 Å². The second-order valence-corrected chi connectivity index (χ2v) is 10.00. The van der Waals surface area contributed by atoms with Gasteiger partial charge in [-0.25, -0.2) is 4.79 Å². The van der Waals surface area contributed by atoms with E-state index in [1.165, 1.54) is 0 Å². The lowest BCUT2D eigenvalue weighted by molar-refractivity contribution is -0.143. The van der Waals surface area contributed by atoms with E-state index in [-0.39, 0.29) is 6.42 Å². The number of hydrogen-bond donors (Lipinski definition) is 11. The monoisotopic (exact) mass is 661 g/mol. The predicted octanol–water partition coefficient (Wildman–Crippen LogP) is -4.54. The number of hydrogen-bond acceptors (Lipinski definition) is 11.